The Balaban J connectivity index is 1.60. The molecule has 0 aromatic heterocycles. The molecular weight excluding hydrogens is 310 g/mol. The molecule has 2 aliphatic heterocycles. The fraction of sp³-hybridized carbons (Fsp3) is 0.941. The Bertz CT molecular complexity index is 459. The monoisotopic (exact) mass is 341 g/mol. The van der Waals surface area contributed by atoms with Crippen molar-refractivity contribution >= 4 is 16.8 Å². The van der Waals surface area contributed by atoms with Gasteiger partial charge in [-0.1, -0.05) is 19.8 Å². The van der Waals surface area contributed by atoms with Gasteiger partial charge in [-0.25, -0.2) is 4.79 Å². The Hall–Kier alpha value is -0.620. The number of likely N-dealkylation sites (tertiary alicyclic amines) is 1. The normalized spacial score (nSPS) is 36.5. The highest BCUT2D eigenvalue weighted by molar-refractivity contribution is 7.85. The third kappa shape index (κ3) is 3.73. The maximum Gasteiger partial charge on any atom is 0.317 e. The molecule has 0 unspecified atom stereocenters. The molecule has 0 radical (unpaired) electrons. The summed E-state index contributed by atoms with van der Waals surface area (Å²) in [5.74, 6) is 0.690. The minimum atomic E-state index is -0.817. The first-order chi connectivity index (χ1) is 11.1. The summed E-state index contributed by atoms with van der Waals surface area (Å²) >= 11 is 0. The molecule has 5 atom stereocenters. The third-order valence-corrected chi connectivity index (χ3v) is 7.88. The second-order valence-electron chi connectivity index (χ2n) is 7.33. The fourth-order valence-electron chi connectivity index (χ4n) is 4.53. The van der Waals surface area contributed by atoms with Gasteiger partial charge >= 0.3 is 6.03 Å². The van der Waals surface area contributed by atoms with Gasteiger partial charge in [-0.2, -0.15) is 0 Å². The van der Waals surface area contributed by atoms with E-state index in [1.165, 1.54) is 12.8 Å². The molecule has 2 amide bonds. The van der Waals surface area contributed by atoms with Crippen molar-refractivity contribution in [3.05, 3.63) is 0 Å². The number of hydrogen-bond donors (Lipinski definition) is 1. The number of amides is 2. The third-order valence-electron chi connectivity index (χ3n) is 6.07. The summed E-state index contributed by atoms with van der Waals surface area (Å²) in [7, 11) is 1.38. The van der Waals surface area contributed by atoms with E-state index in [-0.39, 0.29) is 17.3 Å². The van der Waals surface area contributed by atoms with Gasteiger partial charge in [-0.15, -0.1) is 0 Å². The van der Waals surface area contributed by atoms with Crippen LogP contribution in [0.3, 0.4) is 0 Å². The Labute approximate surface area is 142 Å². The van der Waals surface area contributed by atoms with Crippen molar-refractivity contribution in [1.82, 2.24) is 15.1 Å². The van der Waals surface area contributed by atoms with Crippen molar-refractivity contribution in [3.8, 4) is 0 Å². The zero-order valence-electron chi connectivity index (χ0n) is 14.5. The van der Waals surface area contributed by atoms with E-state index in [1.54, 1.807) is 0 Å². The van der Waals surface area contributed by atoms with Gasteiger partial charge in [-0.05, 0) is 39.2 Å². The van der Waals surface area contributed by atoms with Gasteiger partial charge in [0.05, 0.1) is 5.25 Å². The lowest BCUT2D eigenvalue weighted by Gasteiger charge is -2.34. The molecule has 3 fully saturated rings. The van der Waals surface area contributed by atoms with Crippen LogP contribution < -0.4 is 5.32 Å². The number of carbonyl (C=O) groups is 1. The fourth-order valence-corrected chi connectivity index (χ4v) is 5.96. The largest absolute Gasteiger partial charge is 0.334 e. The molecule has 0 aromatic carbocycles. The second-order valence-corrected chi connectivity index (χ2v) is 9.28. The van der Waals surface area contributed by atoms with Gasteiger partial charge in [0, 0.05) is 47.8 Å². The van der Waals surface area contributed by atoms with Crippen LogP contribution in [0.25, 0.3) is 0 Å². The number of carbonyl (C=O) groups excluding carboxylic acids is 1. The van der Waals surface area contributed by atoms with Crippen LogP contribution in [0.2, 0.25) is 0 Å². The highest BCUT2D eigenvalue weighted by Gasteiger charge is 2.37. The predicted octanol–water partition coefficient (Wildman–Crippen LogP) is 1.94. The Kier molecular flexibility index (Phi) is 5.62. The molecule has 2 heterocycles. The number of nitrogens with zero attached hydrogens (tertiary/aromatic N) is 2. The molecule has 132 valence electrons. The molecule has 0 aromatic rings. The van der Waals surface area contributed by atoms with Crippen molar-refractivity contribution in [2.24, 2.45) is 0 Å². The van der Waals surface area contributed by atoms with E-state index < -0.39 is 10.8 Å². The standard InChI is InChI=1S/C17H31N3O2S/c1-3-23(22)16-7-5-4-6-15(16)18-17(21)20-11-10-13-8-9-14(12-20)19(13)2/h13-16H,3-12H2,1-2H3,(H,18,21)/t13-,14+,15+,16-,23+/m1/s1. The summed E-state index contributed by atoms with van der Waals surface area (Å²) < 4.78 is 12.3. The first kappa shape index (κ1) is 17.2. The molecule has 5 nitrogen and oxygen atoms in total. The summed E-state index contributed by atoms with van der Waals surface area (Å²) in [5.41, 5.74) is 0. The lowest BCUT2D eigenvalue weighted by molar-refractivity contribution is 0.182. The molecule has 1 N–H and O–H groups in total. The second kappa shape index (κ2) is 7.51. The zero-order chi connectivity index (χ0) is 16.4. The van der Waals surface area contributed by atoms with Crippen LogP contribution in [0, 0.1) is 0 Å². The van der Waals surface area contributed by atoms with Gasteiger partial charge in [0.2, 0.25) is 0 Å². The van der Waals surface area contributed by atoms with Gasteiger partial charge in [0.1, 0.15) is 0 Å². The molecule has 23 heavy (non-hydrogen) atoms. The van der Waals surface area contributed by atoms with Crippen molar-refractivity contribution in [3.63, 3.8) is 0 Å². The van der Waals surface area contributed by atoms with E-state index in [1.807, 2.05) is 11.8 Å². The number of rotatable bonds is 3. The first-order valence-corrected chi connectivity index (χ1v) is 10.6. The van der Waals surface area contributed by atoms with Crippen LogP contribution in [-0.2, 0) is 10.8 Å². The molecule has 3 aliphatic rings. The summed E-state index contributed by atoms with van der Waals surface area (Å²) in [6, 6.07) is 1.32. The predicted molar refractivity (Wildman–Crippen MR) is 94.0 cm³/mol. The van der Waals surface area contributed by atoms with E-state index in [9.17, 15) is 9.00 Å². The van der Waals surface area contributed by atoms with E-state index in [0.717, 1.165) is 45.2 Å². The smallest absolute Gasteiger partial charge is 0.317 e. The summed E-state index contributed by atoms with van der Waals surface area (Å²) in [5, 5.41) is 3.37. The average molecular weight is 342 g/mol. The van der Waals surface area contributed by atoms with Crippen LogP contribution >= 0.6 is 0 Å². The first-order valence-electron chi connectivity index (χ1n) is 9.24. The maximum absolute atomic E-state index is 12.8. The van der Waals surface area contributed by atoms with E-state index in [0.29, 0.717) is 17.8 Å². The van der Waals surface area contributed by atoms with Crippen LogP contribution in [0.4, 0.5) is 4.79 Å². The summed E-state index contributed by atoms with van der Waals surface area (Å²) in [6.45, 7) is 3.67. The van der Waals surface area contributed by atoms with Crippen LogP contribution in [0.5, 0.6) is 0 Å². The topological polar surface area (TPSA) is 52.7 Å². The zero-order valence-corrected chi connectivity index (χ0v) is 15.3. The number of urea groups is 1. The molecule has 1 aliphatic carbocycles. The highest BCUT2D eigenvalue weighted by Crippen LogP contribution is 2.29. The van der Waals surface area contributed by atoms with Gasteiger partial charge < -0.3 is 10.2 Å². The van der Waals surface area contributed by atoms with Crippen LogP contribution in [0.1, 0.15) is 51.9 Å². The average Bonchev–Trinajstić information content (AvgIpc) is 2.79. The van der Waals surface area contributed by atoms with Crippen molar-refractivity contribution in [2.45, 2.75) is 75.2 Å². The van der Waals surface area contributed by atoms with Gasteiger partial charge in [0.25, 0.3) is 0 Å². The van der Waals surface area contributed by atoms with E-state index >= 15 is 0 Å². The highest BCUT2D eigenvalue weighted by atomic mass is 32.2. The SMILES string of the molecule is CC[S@](=O)[C@@H]1CCCC[C@@H]1NC(=O)N1CC[C@H]2CC[C@@H](C1)N2C. The van der Waals surface area contributed by atoms with Crippen molar-refractivity contribution in [2.75, 3.05) is 25.9 Å². The van der Waals surface area contributed by atoms with Crippen molar-refractivity contribution < 1.29 is 9.00 Å². The molecule has 3 rings (SSSR count). The van der Waals surface area contributed by atoms with E-state index in [2.05, 4.69) is 17.3 Å². The molecule has 2 saturated heterocycles. The molecule has 0 spiro atoms. The quantitative estimate of drug-likeness (QED) is 0.853. The maximum atomic E-state index is 12.8. The Morgan fingerprint density at radius 2 is 1.87 bits per heavy atom. The summed E-state index contributed by atoms with van der Waals surface area (Å²) in [6.07, 6.45) is 7.79. The molecule has 6 heteroatoms. The minimum Gasteiger partial charge on any atom is -0.334 e. The van der Waals surface area contributed by atoms with Crippen LogP contribution in [0.15, 0.2) is 0 Å². The number of likely N-dealkylation sites (N-methyl/N-ethyl adjacent to an activating group) is 1. The molecule has 1 saturated carbocycles. The number of hydrogen-bond acceptors (Lipinski definition) is 3. The van der Waals surface area contributed by atoms with E-state index in [4.69, 9.17) is 0 Å². The Morgan fingerprint density at radius 1 is 1.13 bits per heavy atom. The van der Waals surface area contributed by atoms with Gasteiger partial charge in [-0.3, -0.25) is 9.11 Å². The van der Waals surface area contributed by atoms with Crippen LogP contribution in [-0.4, -0.2) is 69.3 Å². The lowest BCUT2D eigenvalue weighted by atomic mass is 9.95. The Morgan fingerprint density at radius 3 is 2.65 bits per heavy atom. The van der Waals surface area contributed by atoms with Gasteiger partial charge in [0.15, 0.2) is 0 Å². The minimum absolute atomic E-state index is 0.0657. The number of nitrogens with one attached hydrogen (secondary N) is 1. The molecule has 2 bridgehead atoms. The van der Waals surface area contributed by atoms with Crippen molar-refractivity contribution in [1.29, 1.82) is 0 Å². The number of fused-ring (bicyclic) bond motifs is 2. The molecular formula is C17H31N3O2S. The lowest BCUT2D eigenvalue weighted by Crippen LogP contribution is -2.53. The summed E-state index contributed by atoms with van der Waals surface area (Å²) in [4.78, 5) is 17.2.